The molecule has 0 fully saturated rings. The molecule has 0 aliphatic rings. The number of hydrogen-bond donors (Lipinski definition) is 1. The van der Waals surface area contributed by atoms with E-state index in [0.29, 0.717) is 10.8 Å². The monoisotopic (exact) mass is 343 g/mol. The number of halogens is 2. The Bertz CT molecular complexity index is 748. The Kier molecular flexibility index (Phi) is 5.39. The van der Waals surface area contributed by atoms with Crippen molar-refractivity contribution in [3.05, 3.63) is 58.9 Å². The summed E-state index contributed by atoms with van der Waals surface area (Å²) < 4.78 is 44.5. The van der Waals surface area contributed by atoms with Gasteiger partial charge in [0.1, 0.15) is 18.2 Å². The van der Waals surface area contributed by atoms with Gasteiger partial charge in [0, 0.05) is 11.6 Å². The highest BCUT2D eigenvalue weighted by Gasteiger charge is 2.13. The predicted octanol–water partition coefficient (Wildman–Crippen LogP) is 3.14. The smallest absolute Gasteiger partial charge is 0.240 e. The van der Waals surface area contributed by atoms with Crippen LogP contribution in [0.4, 0.5) is 4.39 Å². The lowest BCUT2D eigenvalue weighted by atomic mass is 10.2. The standard InChI is InChI=1S/C15H15ClFNO3S/c1-11-2-5-13(10-15(11)16)21-9-8-18-22(19,20)14-6-3-12(17)4-7-14/h2-7,10,18H,8-9H2,1H3. The molecule has 0 aliphatic heterocycles. The van der Waals surface area contributed by atoms with Gasteiger partial charge in [-0.2, -0.15) is 0 Å². The minimum Gasteiger partial charge on any atom is -0.492 e. The zero-order valence-corrected chi connectivity index (χ0v) is 13.4. The number of benzene rings is 2. The molecule has 0 spiro atoms. The maximum atomic E-state index is 12.8. The van der Waals surface area contributed by atoms with Gasteiger partial charge in [0.25, 0.3) is 0 Å². The van der Waals surface area contributed by atoms with Crippen molar-refractivity contribution >= 4 is 21.6 Å². The van der Waals surface area contributed by atoms with E-state index in [4.69, 9.17) is 16.3 Å². The molecule has 2 aromatic carbocycles. The Labute approximate surface area is 133 Å². The number of hydrogen-bond acceptors (Lipinski definition) is 3. The number of rotatable bonds is 6. The van der Waals surface area contributed by atoms with Crippen molar-refractivity contribution in [1.82, 2.24) is 4.72 Å². The summed E-state index contributed by atoms with van der Waals surface area (Å²) in [6.07, 6.45) is 0. The molecule has 0 bridgehead atoms. The van der Waals surface area contributed by atoms with Gasteiger partial charge in [-0.15, -0.1) is 0 Å². The van der Waals surface area contributed by atoms with Gasteiger partial charge in [0.2, 0.25) is 10.0 Å². The lowest BCUT2D eigenvalue weighted by Crippen LogP contribution is -2.28. The van der Waals surface area contributed by atoms with E-state index in [2.05, 4.69) is 4.72 Å². The van der Waals surface area contributed by atoms with E-state index in [1.54, 1.807) is 12.1 Å². The quantitative estimate of drug-likeness (QED) is 0.820. The molecule has 1 N–H and O–H groups in total. The van der Waals surface area contributed by atoms with Gasteiger partial charge in [0.05, 0.1) is 4.90 Å². The molecule has 2 rings (SSSR count). The fourth-order valence-electron chi connectivity index (χ4n) is 1.71. The second-order valence-electron chi connectivity index (χ2n) is 4.61. The van der Waals surface area contributed by atoms with Crippen LogP contribution >= 0.6 is 11.6 Å². The summed E-state index contributed by atoms with van der Waals surface area (Å²) >= 11 is 5.97. The first-order chi connectivity index (χ1) is 10.4. The number of ether oxygens (including phenoxy) is 1. The van der Waals surface area contributed by atoms with Gasteiger partial charge in [-0.05, 0) is 48.9 Å². The topological polar surface area (TPSA) is 55.4 Å². The zero-order valence-electron chi connectivity index (χ0n) is 11.8. The SMILES string of the molecule is Cc1ccc(OCCNS(=O)(=O)c2ccc(F)cc2)cc1Cl. The third-order valence-electron chi connectivity index (χ3n) is 2.93. The molecule has 0 amide bonds. The number of sulfonamides is 1. The molecule has 4 nitrogen and oxygen atoms in total. The Morgan fingerprint density at radius 3 is 2.50 bits per heavy atom. The minimum atomic E-state index is -3.67. The normalized spacial score (nSPS) is 11.4. The van der Waals surface area contributed by atoms with E-state index in [1.165, 1.54) is 12.1 Å². The maximum Gasteiger partial charge on any atom is 0.240 e. The van der Waals surface area contributed by atoms with Gasteiger partial charge >= 0.3 is 0 Å². The van der Waals surface area contributed by atoms with Crippen LogP contribution < -0.4 is 9.46 Å². The van der Waals surface area contributed by atoms with E-state index in [1.807, 2.05) is 13.0 Å². The molecule has 0 aliphatic carbocycles. The molecular formula is C15H15ClFNO3S. The van der Waals surface area contributed by atoms with Crippen LogP contribution in [0.2, 0.25) is 5.02 Å². The van der Waals surface area contributed by atoms with Gasteiger partial charge < -0.3 is 4.74 Å². The summed E-state index contributed by atoms with van der Waals surface area (Å²) in [6.45, 7) is 2.12. The largest absolute Gasteiger partial charge is 0.492 e. The molecule has 0 aromatic heterocycles. The Morgan fingerprint density at radius 2 is 1.86 bits per heavy atom. The van der Waals surface area contributed by atoms with E-state index >= 15 is 0 Å². The first kappa shape index (κ1) is 16.7. The Morgan fingerprint density at radius 1 is 1.18 bits per heavy atom. The second kappa shape index (κ2) is 7.09. The highest BCUT2D eigenvalue weighted by molar-refractivity contribution is 7.89. The average molecular weight is 344 g/mol. The molecule has 118 valence electrons. The lowest BCUT2D eigenvalue weighted by molar-refractivity contribution is 0.323. The van der Waals surface area contributed by atoms with Crippen LogP contribution in [0, 0.1) is 12.7 Å². The van der Waals surface area contributed by atoms with Gasteiger partial charge in [-0.25, -0.2) is 17.5 Å². The van der Waals surface area contributed by atoms with Crippen LogP contribution in [0.25, 0.3) is 0 Å². The molecule has 7 heteroatoms. The number of nitrogens with one attached hydrogen (secondary N) is 1. The predicted molar refractivity (Wildman–Crippen MR) is 83.3 cm³/mol. The third kappa shape index (κ3) is 4.43. The van der Waals surface area contributed by atoms with Crippen molar-refractivity contribution in [1.29, 1.82) is 0 Å². The summed E-state index contributed by atoms with van der Waals surface area (Å²) in [5.74, 6) is 0.0788. The van der Waals surface area contributed by atoms with Gasteiger partial charge in [-0.1, -0.05) is 17.7 Å². The third-order valence-corrected chi connectivity index (χ3v) is 4.81. The van der Waals surface area contributed by atoms with Crippen LogP contribution in [0.1, 0.15) is 5.56 Å². The molecule has 0 heterocycles. The first-order valence-electron chi connectivity index (χ1n) is 6.53. The molecule has 2 aromatic rings. The van der Waals surface area contributed by atoms with Gasteiger partial charge in [-0.3, -0.25) is 0 Å². The molecule has 0 saturated heterocycles. The number of aryl methyl sites for hydroxylation is 1. The van der Waals surface area contributed by atoms with E-state index in [0.717, 1.165) is 17.7 Å². The van der Waals surface area contributed by atoms with Crippen molar-refractivity contribution in [3.63, 3.8) is 0 Å². The van der Waals surface area contributed by atoms with E-state index in [-0.39, 0.29) is 18.0 Å². The van der Waals surface area contributed by atoms with Crippen molar-refractivity contribution < 1.29 is 17.5 Å². The fraction of sp³-hybridized carbons (Fsp3) is 0.200. The fourth-order valence-corrected chi connectivity index (χ4v) is 2.89. The second-order valence-corrected chi connectivity index (χ2v) is 6.79. The van der Waals surface area contributed by atoms with Crippen molar-refractivity contribution in [2.24, 2.45) is 0 Å². The Hall–Kier alpha value is -1.63. The summed E-state index contributed by atoms with van der Waals surface area (Å²) in [5.41, 5.74) is 0.936. The molecular weight excluding hydrogens is 329 g/mol. The summed E-state index contributed by atoms with van der Waals surface area (Å²) in [7, 11) is -3.67. The summed E-state index contributed by atoms with van der Waals surface area (Å²) in [5, 5.41) is 0.587. The molecule has 0 saturated carbocycles. The van der Waals surface area contributed by atoms with E-state index in [9.17, 15) is 12.8 Å². The average Bonchev–Trinajstić information content (AvgIpc) is 2.48. The lowest BCUT2D eigenvalue weighted by Gasteiger charge is -2.09. The molecule has 22 heavy (non-hydrogen) atoms. The maximum absolute atomic E-state index is 12.8. The summed E-state index contributed by atoms with van der Waals surface area (Å²) in [4.78, 5) is 0.00674. The zero-order chi connectivity index (χ0) is 16.2. The van der Waals surface area contributed by atoms with Crippen LogP contribution in [0.5, 0.6) is 5.75 Å². The van der Waals surface area contributed by atoms with Gasteiger partial charge in [0.15, 0.2) is 0 Å². The highest BCUT2D eigenvalue weighted by atomic mass is 35.5. The van der Waals surface area contributed by atoms with Crippen LogP contribution in [0.3, 0.4) is 0 Å². The first-order valence-corrected chi connectivity index (χ1v) is 8.39. The summed E-state index contributed by atoms with van der Waals surface area (Å²) in [6, 6.07) is 9.86. The molecule has 0 atom stereocenters. The van der Waals surface area contributed by atoms with Crippen molar-refractivity contribution in [2.75, 3.05) is 13.2 Å². The Balaban J connectivity index is 1.87. The van der Waals surface area contributed by atoms with Crippen molar-refractivity contribution in [2.45, 2.75) is 11.8 Å². The van der Waals surface area contributed by atoms with E-state index < -0.39 is 15.8 Å². The highest BCUT2D eigenvalue weighted by Crippen LogP contribution is 2.21. The van der Waals surface area contributed by atoms with Crippen LogP contribution in [-0.2, 0) is 10.0 Å². The molecule has 0 unspecified atom stereocenters. The molecule has 0 radical (unpaired) electrons. The van der Waals surface area contributed by atoms with Crippen molar-refractivity contribution in [3.8, 4) is 5.75 Å². The minimum absolute atomic E-state index is 0.00674. The van der Waals surface area contributed by atoms with Crippen LogP contribution in [-0.4, -0.2) is 21.6 Å². The van der Waals surface area contributed by atoms with Crippen LogP contribution in [0.15, 0.2) is 47.4 Å².